The third-order valence-electron chi connectivity index (χ3n) is 4.23. The Labute approximate surface area is 161 Å². The summed E-state index contributed by atoms with van der Waals surface area (Å²) >= 11 is 0. The zero-order valence-electron chi connectivity index (χ0n) is 16.8. The smallest absolute Gasteiger partial charge is 0.408 e. The van der Waals surface area contributed by atoms with Crippen molar-refractivity contribution in [2.24, 2.45) is 0 Å². The van der Waals surface area contributed by atoms with Crippen LogP contribution < -0.4 is 10.6 Å². The number of amides is 2. The van der Waals surface area contributed by atoms with Crippen molar-refractivity contribution in [2.75, 3.05) is 0 Å². The van der Waals surface area contributed by atoms with Gasteiger partial charge in [-0.3, -0.25) is 4.79 Å². The van der Waals surface area contributed by atoms with Crippen LogP contribution in [-0.2, 0) is 9.53 Å². The molecule has 0 aliphatic rings. The summed E-state index contributed by atoms with van der Waals surface area (Å²) < 4.78 is 5.28. The van der Waals surface area contributed by atoms with Gasteiger partial charge in [-0.25, -0.2) is 4.79 Å². The van der Waals surface area contributed by atoms with E-state index in [0.29, 0.717) is 6.42 Å². The molecule has 0 aliphatic heterocycles. The van der Waals surface area contributed by atoms with Crippen LogP contribution in [0, 0.1) is 0 Å². The SMILES string of the molecule is CCCC(NC(=O)OC(C)(C)C)C(=O)N[C@@H](C)c1cccc2ccccc12. The van der Waals surface area contributed by atoms with Gasteiger partial charge in [0.2, 0.25) is 5.91 Å². The lowest BCUT2D eigenvalue weighted by Gasteiger charge is -2.24. The van der Waals surface area contributed by atoms with Crippen LogP contribution in [0.15, 0.2) is 42.5 Å². The quantitative estimate of drug-likeness (QED) is 0.774. The molecule has 0 saturated carbocycles. The first-order valence-corrected chi connectivity index (χ1v) is 9.49. The third kappa shape index (κ3) is 5.98. The van der Waals surface area contributed by atoms with Crippen molar-refractivity contribution in [2.45, 2.75) is 65.1 Å². The van der Waals surface area contributed by atoms with Crippen molar-refractivity contribution in [1.82, 2.24) is 10.6 Å². The van der Waals surface area contributed by atoms with Gasteiger partial charge in [0.25, 0.3) is 0 Å². The van der Waals surface area contributed by atoms with Gasteiger partial charge in [0.15, 0.2) is 0 Å². The largest absolute Gasteiger partial charge is 0.444 e. The maximum atomic E-state index is 12.8. The minimum absolute atomic E-state index is 0.177. The predicted octanol–water partition coefficient (Wildman–Crippen LogP) is 4.71. The fourth-order valence-corrected chi connectivity index (χ4v) is 3.03. The van der Waals surface area contributed by atoms with E-state index in [2.05, 4.69) is 28.8 Å². The molecule has 5 heteroatoms. The first kappa shape index (κ1) is 20.7. The van der Waals surface area contributed by atoms with Gasteiger partial charge in [-0.15, -0.1) is 0 Å². The highest BCUT2D eigenvalue weighted by Crippen LogP contribution is 2.24. The van der Waals surface area contributed by atoms with Crippen LogP contribution in [-0.4, -0.2) is 23.6 Å². The van der Waals surface area contributed by atoms with Crippen LogP contribution in [0.25, 0.3) is 10.8 Å². The molecular formula is C22H30N2O3. The molecule has 1 unspecified atom stereocenters. The fraction of sp³-hybridized carbons (Fsp3) is 0.455. The van der Waals surface area contributed by atoms with E-state index >= 15 is 0 Å². The second kappa shape index (κ2) is 8.89. The summed E-state index contributed by atoms with van der Waals surface area (Å²) in [7, 11) is 0. The molecule has 0 radical (unpaired) electrons. The second-order valence-electron chi connectivity index (χ2n) is 7.79. The number of alkyl carbamates (subject to hydrolysis) is 1. The van der Waals surface area contributed by atoms with E-state index in [0.717, 1.165) is 22.8 Å². The van der Waals surface area contributed by atoms with E-state index in [4.69, 9.17) is 4.74 Å². The van der Waals surface area contributed by atoms with Crippen LogP contribution in [0.4, 0.5) is 4.79 Å². The Kier molecular flexibility index (Phi) is 6.83. The van der Waals surface area contributed by atoms with E-state index in [9.17, 15) is 9.59 Å². The molecule has 5 nitrogen and oxygen atoms in total. The third-order valence-corrected chi connectivity index (χ3v) is 4.23. The fourth-order valence-electron chi connectivity index (χ4n) is 3.03. The van der Waals surface area contributed by atoms with Gasteiger partial charge in [-0.05, 0) is 50.5 Å². The van der Waals surface area contributed by atoms with Crippen molar-refractivity contribution in [3.05, 3.63) is 48.0 Å². The molecule has 2 rings (SSSR count). The second-order valence-corrected chi connectivity index (χ2v) is 7.79. The van der Waals surface area contributed by atoms with Crippen molar-refractivity contribution in [3.8, 4) is 0 Å². The van der Waals surface area contributed by atoms with Gasteiger partial charge >= 0.3 is 6.09 Å². The van der Waals surface area contributed by atoms with Crippen LogP contribution >= 0.6 is 0 Å². The lowest BCUT2D eigenvalue weighted by Crippen LogP contribution is -2.48. The number of carbonyl (C=O) groups is 2. The molecule has 2 atom stereocenters. The highest BCUT2D eigenvalue weighted by atomic mass is 16.6. The summed E-state index contributed by atoms with van der Waals surface area (Å²) in [6.07, 6.45) is 0.748. The Balaban J connectivity index is 2.10. The summed E-state index contributed by atoms with van der Waals surface area (Å²) in [4.78, 5) is 24.8. The molecule has 27 heavy (non-hydrogen) atoms. The molecule has 0 spiro atoms. The summed E-state index contributed by atoms with van der Waals surface area (Å²) in [5, 5.41) is 7.97. The van der Waals surface area contributed by atoms with Gasteiger partial charge in [-0.2, -0.15) is 0 Å². The zero-order valence-corrected chi connectivity index (χ0v) is 16.8. The Hall–Kier alpha value is -2.56. The molecule has 2 aromatic carbocycles. The standard InChI is InChI=1S/C22H30N2O3/c1-6-10-19(24-21(26)27-22(3,4)5)20(25)23-15(2)17-14-9-12-16-11-7-8-13-18(16)17/h7-9,11-15,19H,6,10H2,1-5H3,(H,23,25)(H,24,26)/t15-,19?/m0/s1. The average molecular weight is 370 g/mol. The zero-order chi connectivity index (χ0) is 20.0. The number of ether oxygens (including phenoxy) is 1. The molecule has 146 valence electrons. The molecule has 2 amide bonds. The summed E-state index contributed by atoms with van der Waals surface area (Å²) in [6.45, 7) is 9.32. The minimum Gasteiger partial charge on any atom is -0.444 e. The first-order valence-electron chi connectivity index (χ1n) is 9.49. The number of rotatable bonds is 6. The Morgan fingerprint density at radius 2 is 1.70 bits per heavy atom. The van der Waals surface area contributed by atoms with Crippen LogP contribution in [0.1, 0.15) is 59.1 Å². The van der Waals surface area contributed by atoms with Gasteiger partial charge < -0.3 is 15.4 Å². The maximum Gasteiger partial charge on any atom is 0.408 e. The van der Waals surface area contributed by atoms with Crippen molar-refractivity contribution < 1.29 is 14.3 Å². The number of hydrogen-bond acceptors (Lipinski definition) is 3. The van der Waals surface area contributed by atoms with E-state index in [1.165, 1.54) is 0 Å². The van der Waals surface area contributed by atoms with Crippen LogP contribution in [0.2, 0.25) is 0 Å². The van der Waals surface area contributed by atoms with Gasteiger partial charge in [0.1, 0.15) is 11.6 Å². The Morgan fingerprint density at radius 1 is 1.04 bits per heavy atom. The monoisotopic (exact) mass is 370 g/mol. The molecule has 0 heterocycles. The van der Waals surface area contributed by atoms with Gasteiger partial charge in [-0.1, -0.05) is 55.8 Å². The molecule has 0 saturated heterocycles. The molecule has 2 aromatic rings. The molecule has 0 bridgehead atoms. The number of benzene rings is 2. The summed E-state index contributed by atoms with van der Waals surface area (Å²) in [6, 6.07) is 13.4. The minimum atomic E-state index is -0.623. The molecule has 0 aliphatic carbocycles. The summed E-state index contributed by atoms with van der Waals surface area (Å²) in [5.74, 6) is -0.205. The van der Waals surface area contributed by atoms with Gasteiger partial charge in [0.05, 0.1) is 6.04 Å². The van der Waals surface area contributed by atoms with Crippen molar-refractivity contribution >= 4 is 22.8 Å². The van der Waals surface area contributed by atoms with Crippen molar-refractivity contribution in [3.63, 3.8) is 0 Å². The van der Waals surface area contributed by atoms with E-state index < -0.39 is 17.7 Å². The van der Waals surface area contributed by atoms with E-state index in [-0.39, 0.29) is 11.9 Å². The van der Waals surface area contributed by atoms with E-state index in [1.807, 2.05) is 38.1 Å². The number of carbonyl (C=O) groups excluding carboxylic acids is 2. The highest BCUT2D eigenvalue weighted by Gasteiger charge is 2.25. The number of fused-ring (bicyclic) bond motifs is 1. The predicted molar refractivity (Wildman–Crippen MR) is 109 cm³/mol. The lowest BCUT2D eigenvalue weighted by molar-refractivity contribution is -0.124. The molecule has 0 aromatic heterocycles. The van der Waals surface area contributed by atoms with Gasteiger partial charge in [0, 0.05) is 0 Å². The topological polar surface area (TPSA) is 67.4 Å². The number of hydrogen-bond donors (Lipinski definition) is 2. The Bertz CT molecular complexity index is 790. The number of nitrogens with one attached hydrogen (secondary N) is 2. The van der Waals surface area contributed by atoms with Crippen LogP contribution in [0.3, 0.4) is 0 Å². The average Bonchev–Trinajstić information content (AvgIpc) is 2.59. The Morgan fingerprint density at radius 3 is 2.37 bits per heavy atom. The lowest BCUT2D eigenvalue weighted by atomic mass is 9.99. The van der Waals surface area contributed by atoms with Crippen LogP contribution in [0.5, 0.6) is 0 Å². The summed E-state index contributed by atoms with van der Waals surface area (Å²) in [5.41, 5.74) is 0.446. The first-order chi connectivity index (χ1) is 12.7. The maximum absolute atomic E-state index is 12.8. The molecular weight excluding hydrogens is 340 g/mol. The normalized spacial score (nSPS) is 13.7. The van der Waals surface area contributed by atoms with E-state index in [1.54, 1.807) is 20.8 Å². The highest BCUT2D eigenvalue weighted by molar-refractivity contribution is 5.88. The molecule has 0 fully saturated rings. The molecule has 2 N–H and O–H groups in total. The van der Waals surface area contributed by atoms with Crippen molar-refractivity contribution in [1.29, 1.82) is 0 Å².